The molecule has 0 bridgehead atoms. The molecule has 78 valence electrons. The van der Waals surface area contributed by atoms with E-state index in [0.717, 1.165) is 15.6 Å². The molecule has 14 heavy (non-hydrogen) atoms. The summed E-state index contributed by atoms with van der Waals surface area (Å²) in [5.41, 5.74) is 0. The SMILES string of the molecule is CC1(CNc2n[nH]c(=S)s2)CCCS1. The van der Waals surface area contributed by atoms with Crippen LogP contribution in [0.2, 0.25) is 0 Å². The first kappa shape index (κ1) is 10.4. The van der Waals surface area contributed by atoms with E-state index in [1.807, 2.05) is 11.8 Å². The van der Waals surface area contributed by atoms with E-state index in [2.05, 4.69) is 22.4 Å². The molecule has 0 spiro atoms. The molecule has 1 atom stereocenters. The number of anilines is 1. The summed E-state index contributed by atoms with van der Waals surface area (Å²) in [5.74, 6) is 1.29. The molecule has 0 saturated carbocycles. The number of hydrogen-bond donors (Lipinski definition) is 2. The van der Waals surface area contributed by atoms with Gasteiger partial charge in [0, 0.05) is 11.3 Å². The van der Waals surface area contributed by atoms with Crippen molar-refractivity contribution < 1.29 is 0 Å². The van der Waals surface area contributed by atoms with Gasteiger partial charge in [0.25, 0.3) is 0 Å². The van der Waals surface area contributed by atoms with Crippen LogP contribution in [0.25, 0.3) is 0 Å². The molecule has 1 aliphatic rings. The van der Waals surface area contributed by atoms with Crippen molar-refractivity contribution in [2.75, 3.05) is 17.6 Å². The molecule has 6 heteroatoms. The van der Waals surface area contributed by atoms with Gasteiger partial charge in [-0.15, -0.1) is 5.10 Å². The number of aromatic amines is 1. The van der Waals surface area contributed by atoms with Crippen molar-refractivity contribution in [2.24, 2.45) is 0 Å². The molecule has 1 aromatic rings. The number of nitrogens with zero attached hydrogens (tertiary/aromatic N) is 1. The third-order valence-electron chi connectivity index (χ3n) is 2.35. The smallest absolute Gasteiger partial charge is 0.204 e. The number of rotatable bonds is 3. The molecule has 1 aliphatic heterocycles. The molecule has 1 aromatic heterocycles. The van der Waals surface area contributed by atoms with Gasteiger partial charge in [-0.25, -0.2) is 0 Å². The van der Waals surface area contributed by atoms with Crippen LogP contribution in [-0.2, 0) is 0 Å². The minimum Gasteiger partial charge on any atom is -0.359 e. The van der Waals surface area contributed by atoms with E-state index in [1.165, 1.54) is 29.9 Å². The fourth-order valence-corrected chi connectivity index (χ4v) is 3.57. The highest BCUT2D eigenvalue weighted by atomic mass is 32.2. The van der Waals surface area contributed by atoms with Crippen LogP contribution < -0.4 is 5.32 Å². The minimum absolute atomic E-state index is 0.382. The summed E-state index contributed by atoms with van der Waals surface area (Å²) in [6.07, 6.45) is 2.62. The summed E-state index contributed by atoms with van der Waals surface area (Å²) >= 11 is 8.51. The van der Waals surface area contributed by atoms with Gasteiger partial charge >= 0.3 is 0 Å². The Kier molecular flexibility index (Phi) is 3.14. The predicted octanol–water partition coefficient (Wildman–Crippen LogP) is 2.90. The van der Waals surface area contributed by atoms with Gasteiger partial charge in [0.1, 0.15) is 0 Å². The van der Waals surface area contributed by atoms with Crippen molar-refractivity contribution in [2.45, 2.75) is 24.5 Å². The number of hydrogen-bond acceptors (Lipinski definition) is 5. The second-order valence-corrected chi connectivity index (χ2v) is 7.02. The summed E-state index contributed by atoms with van der Waals surface area (Å²) in [4.78, 5) is 0. The van der Waals surface area contributed by atoms with E-state index in [-0.39, 0.29) is 0 Å². The maximum absolute atomic E-state index is 4.96. The average Bonchev–Trinajstić information content (AvgIpc) is 2.73. The van der Waals surface area contributed by atoms with E-state index in [0.29, 0.717) is 4.75 Å². The first-order chi connectivity index (χ1) is 6.68. The predicted molar refractivity (Wildman–Crippen MR) is 65.9 cm³/mol. The van der Waals surface area contributed by atoms with Gasteiger partial charge in [-0.3, -0.25) is 5.10 Å². The number of nitrogens with one attached hydrogen (secondary N) is 2. The number of H-pyrrole nitrogens is 1. The standard InChI is InChI=1S/C8H13N3S3/c1-8(3-2-4-13-8)5-9-6-10-11-7(12)14-6/h2-5H2,1H3,(H,9,10)(H,11,12). The van der Waals surface area contributed by atoms with E-state index in [1.54, 1.807) is 0 Å². The van der Waals surface area contributed by atoms with Crippen LogP contribution in [0, 0.1) is 3.95 Å². The molecule has 0 aromatic carbocycles. The van der Waals surface area contributed by atoms with Crippen molar-refractivity contribution in [3.63, 3.8) is 0 Å². The molecule has 1 fully saturated rings. The average molecular weight is 247 g/mol. The van der Waals surface area contributed by atoms with Gasteiger partial charge < -0.3 is 5.32 Å². The van der Waals surface area contributed by atoms with Gasteiger partial charge in [-0.05, 0) is 37.7 Å². The molecule has 1 saturated heterocycles. The van der Waals surface area contributed by atoms with Gasteiger partial charge in [0.05, 0.1) is 0 Å². The van der Waals surface area contributed by atoms with Gasteiger partial charge in [-0.2, -0.15) is 11.8 Å². The number of thioether (sulfide) groups is 1. The summed E-state index contributed by atoms with van der Waals surface area (Å²) in [7, 11) is 0. The largest absolute Gasteiger partial charge is 0.359 e. The highest BCUT2D eigenvalue weighted by molar-refractivity contribution is 8.00. The van der Waals surface area contributed by atoms with Crippen molar-refractivity contribution in [1.82, 2.24) is 10.2 Å². The zero-order chi connectivity index (χ0) is 10.0. The molecule has 0 amide bonds. The maximum Gasteiger partial charge on any atom is 0.204 e. The molecule has 1 unspecified atom stereocenters. The van der Waals surface area contributed by atoms with Crippen molar-refractivity contribution in [3.8, 4) is 0 Å². The van der Waals surface area contributed by atoms with Gasteiger partial charge in [0.2, 0.25) is 5.13 Å². The Morgan fingerprint density at radius 2 is 2.57 bits per heavy atom. The molecule has 3 nitrogen and oxygen atoms in total. The fraction of sp³-hybridized carbons (Fsp3) is 0.750. The van der Waals surface area contributed by atoms with Crippen LogP contribution in [-0.4, -0.2) is 27.2 Å². The van der Waals surface area contributed by atoms with Gasteiger partial charge in [-0.1, -0.05) is 11.3 Å². The van der Waals surface area contributed by atoms with Crippen LogP contribution in [0.5, 0.6) is 0 Å². The molecular formula is C8H13N3S3. The monoisotopic (exact) mass is 247 g/mol. The molecule has 0 aliphatic carbocycles. The first-order valence-electron chi connectivity index (χ1n) is 4.61. The summed E-state index contributed by atoms with van der Waals surface area (Å²) in [5, 5.41) is 11.1. The number of aromatic nitrogens is 2. The Morgan fingerprint density at radius 3 is 3.14 bits per heavy atom. The van der Waals surface area contributed by atoms with Crippen LogP contribution in [0.15, 0.2) is 0 Å². The summed E-state index contributed by atoms with van der Waals surface area (Å²) in [6, 6.07) is 0. The third-order valence-corrected chi connectivity index (χ3v) is 4.94. The Bertz CT molecular complexity index is 351. The molecule has 2 N–H and O–H groups in total. The van der Waals surface area contributed by atoms with E-state index in [4.69, 9.17) is 12.2 Å². The fourth-order valence-electron chi connectivity index (χ4n) is 1.54. The molecule has 2 rings (SSSR count). The Hall–Kier alpha value is -0.0700. The van der Waals surface area contributed by atoms with Crippen LogP contribution in [0.4, 0.5) is 5.13 Å². The highest BCUT2D eigenvalue weighted by Crippen LogP contribution is 2.37. The van der Waals surface area contributed by atoms with E-state index in [9.17, 15) is 0 Å². The lowest BCUT2D eigenvalue weighted by Crippen LogP contribution is -2.26. The zero-order valence-electron chi connectivity index (χ0n) is 8.00. The summed E-state index contributed by atoms with van der Waals surface area (Å²) in [6.45, 7) is 3.29. The lowest BCUT2D eigenvalue weighted by Gasteiger charge is -2.22. The highest BCUT2D eigenvalue weighted by Gasteiger charge is 2.29. The normalized spacial score (nSPS) is 26.6. The van der Waals surface area contributed by atoms with E-state index >= 15 is 0 Å². The molecule has 0 radical (unpaired) electrons. The minimum atomic E-state index is 0.382. The van der Waals surface area contributed by atoms with Crippen LogP contribution in [0.1, 0.15) is 19.8 Å². The van der Waals surface area contributed by atoms with Crippen molar-refractivity contribution >= 4 is 40.4 Å². The molecule has 2 heterocycles. The molecular weight excluding hydrogens is 234 g/mol. The van der Waals surface area contributed by atoms with Crippen molar-refractivity contribution in [1.29, 1.82) is 0 Å². The zero-order valence-corrected chi connectivity index (χ0v) is 10.4. The Balaban J connectivity index is 1.90. The second-order valence-electron chi connectivity index (χ2n) is 3.67. The topological polar surface area (TPSA) is 40.7 Å². The van der Waals surface area contributed by atoms with Gasteiger partial charge in [0.15, 0.2) is 3.95 Å². The third kappa shape index (κ3) is 2.49. The van der Waals surface area contributed by atoms with E-state index < -0.39 is 0 Å². The van der Waals surface area contributed by atoms with Crippen LogP contribution >= 0.6 is 35.3 Å². The maximum atomic E-state index is 4.96. The van der Waals surface area contributed by atoms with Crippen molar-refractivity contribution in [3.05, 3.63) is 3.95 Å². The summed E-state index contributed by atoms with van der Waals surface area (Å²) < 4.78 is 1.12. The Morgan fingerprint density at radius 1 is 1.71 bits per heavy atom. The first-order valence-corrected chi connectivity index (χ1v) is 6.82. The second kappa shape index (κ2) is 4.20. The quantitative estimate of drug-likeness (QED) is 0.806. The Labute approximate surface area is 96.7 Å². The lowest BCUT2D eigenvalue weighted by molar-refractivity contribution is 0.634. The van der Waals surface area contributed by atoms with Crippen LogP contribution in [0.3, 0.4) is 0 Å². The lowest BCUT2D eigenvalue weighted by atomic mass is 10.1.